The number of carbonyl (C=O) groups is 1. The fourth-order valence-electron chi connectivity index (χ4n) is 2.23. The van der Waals surface area contributed by atoms with Crippen molar-refractivity contribution < 1.29 is 9.18 Å². The number of anilines is 2. The number of rotatable bonds is 5. The fourth-order valence-corrected chi connectivity index (χ4v) is 2.43. The molecule has 6 heteroatoms. The SMILES string of the molecule is O=C(NCc1ccccc1Cl)c1ccc(Nc2ccccc2F)cn1. The Morgan fingerprint density at radius 1 is 1.04 bits per heavy atom. The van der Waals surface area contributed by atoms with Gasteiger partial charge in [0.05, 0.1) is 17.6 Å². The van der Waals surface area contributed by atoms with Crippen molar-refractivity contribution in [1.82, 2.24) is 10.3 Å². The smallest absolute Gasteiger partial charge is 0.270 e. The molecular weight excluding hydrogens is 341 g/mol. The number of pyridine rings is 1. The van der Waals surface area contributed by atoms with Gasteiger partial charge in [-0.3, -0.25) is 4.79 Å². The van der Waals surface area contributed by atoms with Crippen LogP contribution in [0.5, 0.6) is 0 Å². The fraction of sp³-hybridized carbons (Fsp3) is 0.0526. The molecule has 0 fully saturated rings. The lowest BCUT2D eigenvalue weighted by atomic mass is 10.2. The Hall–Kier alpha value is -2.92. The minimum absolute atomic E-state index is 0.270. The van der Waals surface area contributed by atoms with Gasteiger partial charge in [0.25, 0.3) is 5.91 Å². The molecule has 0 atom stereocenters. The van der Waals surface area contributed by atoms with Gasteiger partial charge < -0.3 is 10.6 Å². The number of hydrogen-bond donors (Lipinski definition) is 2. The van der Waals surface area contributed by atoms with Crippen LogP contribution >= 0.6 is 11.6 Å². The van der Waals surface area contributed by atoms with E-state index >= 15 is 0 Å². The number of carbonyl (C=O) groups excluding carboxylic acids is 1. The van der Waals surface area contributed by atoms with Crippen molar-refractivity contribution in [3.63, 3.8) is 0 Å². The minimum Gasteiger partial charge on any atom is -0.352 e. The summed E-state index contributed by atoms with van der Waals surface area (Å²) in [7, 11) is 0. The van der Waals surface area contributed by atoms with E-state index in [9.17, 15) is 9.18 Å². The zero-order valence-corrected chi connectivity index (χ0v) is 13.9. The van der Waals surface area contributed by atoms with Gasteiger partial charge >= 0.3 is 0 Å². The van der Waals surface area contributed by atoms with Crippen LogP contribution in [0.1, 0.15) is 16.1 Å². The summed E-state index contributed by atoms with van der Waals surface area (Å²) in [4.78, 5) is 16.3. The Labute approximate surface area is 149 Å². The van der Waals surface area contributed by atoms with Crippen LogP contribution in [-0.2, 0) is 6.54 Å². The van der Waals surface area contributed by atoms with E-state index < -0.39 is 0 Å². The molecule has 4 nitrogen and oxygen atoms in total. The summed E-state index contributed by atoms with van der Waals surface area (Å²) < 4.78 is 13.6. The molecule has 0 aliphatic carbocycles. The van der Waals surface area contributed by atoms with E-state index in [2.05, 4.69) is 15.6 Å². The van der Waals surface area contributed by atoms with Gasteiger partial charge in [-0.15, -0.1) is 0 Å². The van der Waals surface area contributed by atoms with E-state index in [1.54, 1.807) is 36.4 Å². The van der Waals surface area contributed by atoms with Gasteiger partial charge in [-0.2, -0.15) is 0 Å². The largest absolute Gasteiger partial charge is 0.352 e. The van der Waals surface area contributed by atoms with Crippen LogP contribution in [0.3, 0.4) is 0 Å². The van der Waals surface area contributed by atoms with Gasteiger partial charge in [0, 0.05) is 11.6 Å². The number of aromatic nitrogens is 1. The Bertz CT molecular complexity index is 884. The van der Waals surface area contributed by atoms with Crippen LogP contribution in [0, 0.1) is 5.82 Å². The van der Waals surface area contributed by atoms with Crippen LogP contribution in [0.4, 0.5) is 15.8 Å². The van der Waals surface area contributed by atoms with E-state index in [1.807, 2.05) is 18.2 Å². The number of para-hydroxylation sites is 1. The Kier molecular flexibility index (Phi) is 5.26. The maximum Gasteiger partial charge on any atom is 0.270 e. The van der Waals surface area contributed by atoms with E-state index in [-0.39, 0.29) is 17.4 Å². The summed E-state index contributed by atoms with van der Waals surface area (Å²) >= 11 is 6.06. The van der Waals surface area contributed by atoms with Crippen molar-refractivity contribution in [3.8, 4) is 0 Å². The molecule has 3 rings (SSSR count). The molecule has 0 radical (unpaired) electrons. The average molecular weight is 356 g/mol. The van der Waals surface area contributed by atoms with E-state index in [0.29, 0.717) is 22.9 Å². The van der Waals surface area contributed by atoms with Gasteiger partial charge in [0.1, 0.15) is 11.5 Å². The zero-order valence-electron chi connectivity index (χ0n) is 13.2. The number of nitrogens with zero attached hydrogens (tertiary/aromatic N) is 1. The molecule has 0 aliphatic heterocycles. The maximum atomic E-state index is 13.6. The van der Waals surface area contributed by atoms with Crippen LogP contribution in [0.15, 0.2) is 66.9 Å². The van der Waals surface area contributed by atoms with Crippen molar-refractivity contribution in [3.05, 3.63) is 89.0 Å². The summed E-state index contributed by atoms with van der Waals surface area (Å²) in [6.45, 7) is 0.315. The van der Waals surface area contributed by atoms with Crippen LogP contribution in [0.25, 0.3) is 0 Å². The molecule has 0 spiro atoms. The molecule has 3 aromatic rings. The second-order valence-corrected chi connectivity index (χ2v) is 5.72. The summed E-state index contributed by atoms with van der Waals surface area (Å²) in [6, 6.07) is 16.9. The van der Waals surface area contributed by atoms with Crippen LogP contribution in [-0.4, -0.2) is 10.9 Å². The molecule has 2 aromatic carbocycles. The Morgan fingerprint density at radius 3 is 2.52 bits per heavy atom. The van der Waals surface area contributed by atoms with Crippen molar-refractivity contribution >= 4 is 28.9 Å². The highest BCUT2D eigenvalue weighted by molar-refractivity contribution is 6.31. The first-order valence-corrected chi connectivity index (χ1v) is 8.00. The predicted molar refractivity (Wildman–Crippen MR) is 96.5 cm³/mol. The van der Waals surface area contributed by atoms with Crippen LogP contribution in [0.2, 0.25) is 5.02 Å². The average Bonchev–Trinajstić information content (AvgIpc) is 2.63. The molecule has 126 valence electrons. The maximum absolute atomic E-state index is 13.6. The Morgan fingerprint density at radius 2 is 1.80 bits per heavy atom. The van der Waals surface area contributed by atoms with Gasteiger partial charge in [-0.25, -0.2) is 9.37 Å². The lowest BCUT2D eigenvalue weighted by Crippen LogP contribution is -2.23. The van der Waals surface area contributed by atoms with Crippen molar-refractivity contribution in [2.24, 2.45) is 0 Å². The number of benzene rings is 2. The number of amides is 1. The van der Waals surface area contributed by atoms with Gasteiger partial charge in [0.2, 0.25) is 0 Å². The lowest BCUT2D eigenvalue weighted by Gasteiger charge is -2.09. The minimum atomic E-state index is -0.357. The van der Waals surface area contributed by atoms with Gasteiger partial charge in [-0.1, -0.05) is 41.9 Å². The van der Waals surface area contributed by atoms with Gasteiger partial charge in [-0.05, 0) is 35.9 Å². The molecular formula is C19H15ClFN3O. The molecule has 0 bridgehead atoms. The molecule has 0 saturated carbocycles. The predicted octanol–water partition coefficient (Wildman–Crippen LogP) is 4.55. The standard InChI is InChI=1S/C19H15ClFN3O/c20-15-6-2-1-5-13(15)11-23-19(25)18-10-9-14(12-22-18)24-17-8-4-3-7-16(17)21/h1-10,12,24H,11H2,(H,23,25). The van der Waals surface area contributed by atoms with Crippen LogP contribution < -0.4 is 10.6 Å². The summed E-state index contributed by atoms with van der Waals surface area (Å²) in [5, 5.41) is 6.28. The first-order valence-electron chi connectivity index (χ1n) is 7.63. The normalized spacial score (nSPS) is 10.3. The van der Waals surface area contributed by atoms with E-state index in [0.717, 1.165) is 5.56 Å². The number of nitrogens with one attached hydrogen (secondary N) is 2. The summed E-state index contributed by atoms with van der Waals surface area (Å²) in [5.41, 5.74) is 2.04. The number of halogens is 2. The second-order valence-electron chi connectivity index (χ2n) is 5.31. The van der Waals surface area contributed by atoms with Crippen molar-refractivity contribution in [2.75, 3.05) is 5.32 Å². The number of hydrogen-bond acceptors (Lipinski definition) is 3. The molecule has 1 amide bonds. The van der Waals surface area contributed by atoms with Gasteiger partial charge in [0.15, 0.2) is 0 Å². The molecule has 1 aromatic heterocycles. The highest BCUT2D eigenvalue weighted by atomic mass is 35.5. The molecule has 2 N–H and O–H groups in total. The highest BCUT2D eigenvalue weighted by Crippen LogP contribution is 2.19. The highest BCUT2D eigenvalue weighted by Gasteiger charge is 2.08. The summed E-state index contributed by atoms with van der Waals surface area (Å²) in [6.07, 6.45) is 1.48. The monoisotopic (exact) mass is 355 g/mol. The van der Waals surface area contributed by atoms with Crippen molar-refractivity contribution in [1.29, 1.82) is 0 Å². The Balaban J connectivity index is 1.63. The lowest BCUT2D eigenvalue weighted by molar-refractivity contribution is 0.0946. The second kappa shape index (κ2) is 7.77. The zero-order chi connectivity index (χ0) is 17.6. The first kappa shape index (κ1) is 16.9. The molecule has 0 saturated heterocycles. The topological polar surface area (TPSA) is 54.0 Å². The third kappa shape index (κ3) is 4.33. The summed E-state index contributed by atoms with van der Waals surface area (Å²) in [5.74, 6) is -0.665. The first-order chi connectivity index (χ1) is 12.1. The molecule has 0 unspecified atom stereocenters. The molecule has 25 heavy (non-hydrogen) atoms. The quantitative estimate of drug-likeness (QED) is 0.706. The van der Waals surface area contributed by atoms with Crippen molar-refractivity contribution in [2.45, 2.75) is 6.54 Å². The third-order valence-electron chi connectivity index (χ3n) is 3.55. The van der Waals surface area contributed by atoms with E-state index in [1.165, 1.54) is 12.3 Å². The third-order valence-corrected chi connectivity index (χ3v) is 3.91. The molecule has 0 aliphatic rings. The molecule has 1 heterocycles. The van der Waals surface area contributed by atoms with E-state index in [4.69, 9.17) is 11.6 Å².